The standard InChI is InChI=1S/C32H26N2O6/c1-3-39-31(37)22-14-16-24(17-15-22)34-30(36)26(29(35)33-32(34)38)18-23-9-5-7-11-28(23)40-19-27-20(2)12-13-21-8-4-6-10-25(21)27/h4-18H,3,19H2,1-2H3,(H,33,35,38)/b26-18+. The summed E-state index contributed by atoms with van der Waals surface area (Å²) in [4.78, 5) is 51.6. The molecule has 1 aliphatic rings. The average molecular weight is 535 g/mol. The van der Waals surface area contributed by atoms with E-state index >= 15 is 0 Å². The molecule has 5 rings (SSSR count). The Morgan fingerprint density at radius 3 is 2.40 bits per heavy atom. The van der Waals surface area contributed by atoms with E-state index in [2.05, 4.69) is 11.4 Å². The van der Waals surface area contributed by atoms with Gasteiger partial charge in [0.15, 0.2) is 0 Å². The molecule has 0 atom stereocenters. The molecule has 0 bridgehead atoms. The fourth-order valence-electron chi connectivity index (χ4n) is 4.53. The van der Waals surface area contributed by atoms with Crippen LogP contribution in [-0.4, -0.2) is 30.4 Å². The number of fused-ring (bicyclic) bond motifs is 1. The number of carbonyl (C=O) groups excluding carboxylic acids is 4. The summed E-state index contributed by atoms with van der Waals surface area (Å²) in [6, 6.07) is 24.1. The number of carbonyl (C=O) groups is 4. The van der Waals surface area contributed by atoms with Crippen LogP contribution in [0.1, 0.15) is 34.0 Å². The highest BCUT2D eigenvalue weighted by molar-refractivity contribution is 6.39. The Labute approximate surface area is 230 Å². The fraction of sp³-hybridized carbons (Fsp3) is 0.125. The van der Waals surface area contributed by atoms with Gasteiger partial charge in [0.25, 0.3) is 11.8 Å². The van der Waals surface area contributed by atoms with E-state index in [9.17, 15) is 19.2 Å². The molecule has 4 amide bonds. The number of ether oxygens (including phenoxy) is 2. The molecule has 0 unspecified atom stereocenters. The zero-order chi connectivity index (χ0) is 28.2. The van der Waals surface area contributed by atoms with Crippen molar-refractivity contribution in [2.24, 2.45) is 0 Å². The molecular weight excluding hydrogens is 508 g/mol. The van der Waals surface area contributed by atoms with Crippen LogP contribution in [0.4, 0.5) is 10.5 Å². The highest BCUT2D eigenvalue weighted by Crippen LogP contribution is 2.28. The van der Waals surface area contributed by atoms with Gasteiger partial charge in [-0.15, -0.1) is 0 Å². The molecule has 0 spiro atoms. The van der Waals surface area contributed by atoms with Gasteiger partial charge in [0.2, 0.25) is 0 Å². The number of urea groups is 1. The summed E-state index contributed by atoms with van der Waals surface area (Å²) in [6.45, 7) is 4.22. The number of imide groups is 2. The van der Waals surface area contributed by atoms with Gasteiger partial charge in [-0.1, -0.05) is 54.6 Å². The highest BCUT2D eigenvalue weighted by atomic mass is 16.5. The average Bonchev–Trinajstić information content (AvgIpc) is 2.95. The molecular formula is C32H26N2O6. The lowest BCUT2D eigenvalue weighted by molar-refractivity contribution is -0.122. The molecule has 8 nitrogen and oxygen atoms in total. The minimum atomic E-state index is -0.882. The van der Waals surface area contributed by atoms with E-state index in [1.54, 1.807) is 31.2 Å². The van der Waals surface area contributed by atoms with Crippen molar-refractivity contribution >= 4 is 46.4 Å². The number of para-hydroxylation sites is 1. The first-order valence-corrected chi connectivity index (χ1v) is 12.7. The predicted molar refractivity (Wildman–Crippen MR) is 151 cm³/mol. The van der Waals surface area contributed by atoms with Crippen LogP contribution in [0, 0.1) is 6.92 Å². The van der Waals surface area contributed by atoms with E-state index in [-0.39, 0.29) is 30.0 Å². The Morgan fingerprint density at radius 2 is 1.62 bits per heavy atom. The summed E-state index contributed by atoms with van der Waals surface area (Å²) < 4.78 is 11.2. The Kier molecular flexibility index (Phi) is 7.41. The summed E-state index contributed by atoms with van der Waals surface area (Å²) in [5.41, 5.74) is 2.87. The molecule has 8 heteroatoms. The maximum atomic E-state index is 13.4. The summed E-state index contributed by atoms with van der Waals surface area (Å²) in [5.74, 6) is -1.65. The third-order valence-corrected chi connectivity index (χ3v) is 6.60. The van der Waals surface area contributed by atoms with E-state index in [4.69, 9.17) is 9.47 Å². The lowest BCUT2D eigenvalue weighted by Gasteiger charge is -2.26. The quantitative estimate of drug-likeness (QED) is 0.189. The number of esters is 1. The minimum Gasteiger partial charge on any atom is -0.488 e. The van der Waals surface area contributed by atoms with Gasteiger partial charge in [-0.2, -0.15) is 0 Å². The second-order valence-corrected chi connectivity index (χ2v) is 9.13. The molecule has 0 radical (unpaired) electrons. The Balaban J connectivity index is 1.43. The van der Waals surface area contributed by atoms with Crippen molar-refractivity contribution in [3.63, 3.8) is 0 Å². The van der Waals surface area contributed by atoms with Gasteiger partial charge in [0.05, 0.1) is 17.9 Å². The maximum absolute atomic E-state index is 13.4. The number of hydrogen-bond donors (Lipinski definition) is 1. The zero-order valence-corrected chi connectivity index (χ0v) is 22.0. The van der Waals surface area contributed by atoms with Gasteiger partial charge in [-0.25, -0.2) is 14.5 Å². The van der Waals surface area contributed by atoms with E-state index in [0.717, 1.165) is 26.8 Å². The molecule has 200 valence electrons. The van der Waals surface area contributed by atoms with E-state index in [1.165, 1.54) is 30.3 Å². The third-order valence-electron chi connectivity index (χ3n) is 6.60. The first kappa shape index (κ1) is 26.4. The first-order valence-electron chi connectivity index (χ1n) is 12.7. The second kappa shape index (κ2) is 11.2. The largest absolute Gasteiger partial charge is 0.488 e. The summed E-state index contributed by atoms with van der Waals surface area (Å²) in [5, 5.41) is 4.41. The summed E-state index contributed by atoms with van der Waals surface area (Å²) in [7, 11) is 0. The molecule has 0 saturated carbocycles. The highest BCUT2D eigenvalue weighted by Gasteiger charge is 2.37. The number of barbiturate groups is 1. The van der Waals surface area contributed by atoms with Crippen molar-refractivity contribution in [3.8, 4) is 5.75 Å². The number of amides is 4. The van der Waals surface area contributed by atoms with Crippen LogP contribution in [0.5, 0.6) is 5.75 Å². The maximum Gasteiger partial charge on any atom is 0.338 e. The number of nitrogens with zero attached hydrogens (tertiary/aromatic N) is 1. The van der Waals surface area contributed by atoms with Gasteiger partial charge in [0.1, 0.15) is 17.9 Å². The van der Waals surface area contributed by atoms with Gasteiger partial charge < -0.3 is 9.47 Å². The SMILES string of the molecule is CCOC(=O)c1ccc(N2C(=O)NC(=O)/C(=C\c3ccccc3OCc3c(C)ccc4ccccc34)C2=O)cc1. The Bertz CT molecular complexity index is 1670. The molecule has 0 aliphatic carbocycles. The lowest BCUT2D eigenvalue weighted by Crippen LogP contribution is -2.54. The van der Waals surface area contributed by atoms with Gasteiger partial charge in [-0.05, 0) is 66.6 Å². The van der Waals surface area contributed by atoms with Crippen LogP contribution in [0.25, 0.3) is 16.8 Å². The van der Waals surface area contributed by atoms with Gasteiger partial charge in [0, 0.05) is 11.1 Å². The molecule has 1 aliphatic heterocycles. The molecule has 40 heavy (non-hydrogen) atoms. The van der Waals surface area contributed by atoms with Crippen LogP contribution in [0.15, 0.2) is 90.5 Å². The lowest BCUT2D eigenvalue weighted by atomic mass is 10.0. The molecule has 1 fully saturated rings. The smallest absolute Gasteiger partial charge is 0.338 e. The summed E-state index contributed by atoms with van der Waals surface area (Å²) >= 11 is 0. The van der Waals surface area contributed by atoms with E-state index < -0.39 is 23.8 Å². The fourth-order valence-corrected chi connectivity index (χ4v) is 4.53. The summed E-state index contributed by atoms with van der Waals surface area (Å²) in [6.07, 6.45) is 1.41. The van der Waals surface area contributed by atoms with Gasteiger partial charge >= 0.3 is 12.0 Å². The van der Waals surface area contributed by atoms with Crippen molar-refractivity contribution in [1.82, 2.24) is 5.32 Å². The topological polar surface area (TPSA) is 102 Å². The van der Waals surface area contributed by atoms with Crippen molar-refractivity contribution < 1.29 is 28.7 Å². The molecule has 1 N–H and O–H groups in total. The monoisotopic (exact) mass is 534 g/mol. The predicted octanol–water partition coefficient (Wildman–Crippen LogP) is 5.57. The minimum absolute atomic E-state index is 0.199. The first-order chi connectivity index (χ1) is 19.4. The zero-order valence-electron chi connectivity index (χ0n) is 22.0. The van der Waals surface area contributed by atoms with Crippen LogP contribution in [0.3, 0.4) is 0 Å². The van der Waals surface area contributed by atoms with Crippen LogP contribution in [-0.2, 0) is 20.9 Å². The van der Waals surface area contributed by atoms with Crippen LogP contribution >= 0.6 is 0 Å². The Hall–Kier alpha value is -5.24. The Morgan fingerprint density at radius 1 is 0.900 bits per heavy atom. The van der Waals surface area contributed by atoms with Crippen LogP contribution < -0.4 is 15.0 Å². The third kappa shape index (κ3) is 5.19. The van der Waals surface area contributed by atoms with Crippen molar-refractivity contribution in [1.29, 1.82) is 0 Å². The van der Waals surface area contributed by atoms with Crippen LogP contribution in [0.2, 0.25) is 0 Å². The van der Waals surface area contributed by atoms with Gasteiger partial charge in [-0.3, -0.25) is 14.9 Å². The van der Waals surface area contributed by atoms with Crippen molar-refractivity contribution in [2.45, 2.75) is 20.5 Å². The van der Waals surface area contributed by atoms with Crippen molar-refractivity contribution in [3.05, 3.63) is 113 Å². The van der Waals surface area contributed by atoms with E-state index in [1.807, 2.05) is 37.3 Å². The number of benzene rings is 4. The van der Waals surface area contributed by atoms with E-state index in [0.29, 0.717) is 11.3 Å². The number of aryl methyl sites for hydroxylation is 1. The number of rotatable bonds is 7. The molecule has 1 saturated heterocycles. The number of nitrogens with one attached hydrogen (secondary N) is 1. The molecule has 4 aromatic carbocycles. The molecule has 0 aromatic heterocycles. The number of hydrogen-bond acceptors (Lipinski definition) is 6. The van der Waals surface area contributed by atoms with Crippen molar-refractivity contribution in [2.75, 3.05) is 11.5 Å². The molecule has 1 heterocycles. The molecule has 4 aromatic rings. The normalized spacial score (nSPS) is 14.4. The number of anilines is 1. The second-order valence-electron chi connectivity index (χ2n) is 9.13.